The van der Waals surface area contributed by atoms with Gasteiger partial charge in [-0.15, -0.1) is 0 Å². The maximum atomic E-state index is 5.50. The number of nitrogens with zero attached hydrogens (tertiary/aromatic N) is 1. The van der Waals surface area contributed by atoms with E-state index in [4.69, 9.17) is 4.74 Å². The Balaban J connectivity index is 2.88. The zero-order valence-electron chi connectivity index (χ0n) is 13.9. The number of nitrogens with one attached hydrogen (secondary N) is 1. The Hall–Kier alpha value is -1.06. The van der Waals surface area contributed by atoms with Gasteiger partial charge < -0.3 is 15.0 Å². The first kappa shape index (κ1) is 17.0. The molecule has 1 aromatic carbocycles. The number of rotatable bonds is 8. The molecule has 3 nitrogen and oxygen atoms in total. The van der Waals surface area contributed by atoms with Gasteiger partial charge in [0.2, 0.25) is 0 Å². The number of methoxy groups -OCH3 is 1. The van der Waals surface area contributed by atoms with Gasteiger partial charge in [0.05, 0.1) is 7.11 Å². The fraction of sp³-hybridized carbons (Fsp3) is 0.647. The molecule has 0 aliphatic rings. The van der Waals surface area contributed by atoms with Crippen LogP contribution in [-0.2, 0) is 6.54 Å². The highest BCUT2D eigenvalue weighted by Gasteiger charge is 2.11. The van der Waals surface area contributed by atoms with Crippen LogP contribution in [0.25, 0.3) is 0 Å². The molecule has 0 saturated carbocycles. The first-order valence-corrected chi connectivity index (χ1v) is 7.56. The van der Waals surface area contributed by atoms with Crippen molar-refractivity contribution in [1.82, 2.24) is 10.2 Å². The van der Waals surface area contributed by atoms with E-state index in [-0.39, 0.29) is 0 Å². The monoisotopic (exact) mass is 278 g/mol. The molecule has 20 heavy (non-hydrogen) atoms. The summed E-state index contributed by atoms with van der Waals surface area (Å²) in [5.41, 5.74) is 2.58. The zero-order valence-corrected chi connectivity index (χ0v) is 13.9. The van der Waals surface area contributed by atoms with E-state index in [2.05, 4.69) is 63.2 Å². The minimum Gasteiger partial charge on any atom is -0.496 e. The lowest BCUT2D eigenvalue weighted by molar-refractivity contribution is 0.282. The molecule has 1 unspecified atom stereocenters. The van der Waals surface area contributed by atoms with Crippen molar-refractivity contribution in [3.05, 3.63) is 29.3 Å². The minimum absolute atomic E-state index is 0.375. The Bertz CT molecular complexity index is 404. The summed E-state index contributed by atoms with van der Waals surface area (Å²) in [5.74, 6) is 1.66. The third kappa shape index (κ3) is 5.14. The molecular weight excluding hydrogens is 248 g/mol. The van der Waals surface area contributed by atoms with Gasteiger partial charge in [0.1, 0.15) is 5.75 Å². The third-order valence-electron chi connectivity index (χ3n) is 3.43. The van der Waals surface area contributed by atoms with Gasteiger partial charge in [0.25, 0.3) is 0 Å². The molecule has 0 amide bonds. The molecule has 0 fully saturated rings. The molecule has 3 heteroatoms. The highest BCUT2D eigenvalue weighted by atomic mass is 16.5. The Morgan fingerprint density at radius 1 is 1.25 bits per heavy atom. The third-order valence-corrected chi connectivity index (χ3v) is 3.43. The number of hydrogen-bond acceptors (Lipinski definition) is 3. The molecular formula is C17H30N2O. The van der Waals surface area contributed by atoms with E-state index in [9.17, 15) is 0 Å². The second-order valence-corrected chi connectivity index (χ2v) is 5.94. The van der Waals surface area contributed by atoms with E-state index in [1.807, 2.05) is 0 Å². The van der Waals surface area contributed by atoms with Crippen LogP contribution in [0.5, 0.6) is 5.75 Å². The molecule has 0 spiro atoms. The van der Waals surface area contributed by atoms with Gasteiger partial charge in [-0.2, -0.15) is 0 Å². The quantitative estimate of drug-likeness (QED) is 0.788. The van der Waals surface area contributed by atoms with Crippen molar-refractivity contribution in [1.29, 1.82) is 0 Å². The maximum Gasteiger partial charge on any atom is 0.123 e. The number of ether oxygens (including phenoxy) is 1. The summed E-state index contributed by atoms with van der Waals surface area (Å²) in [6.45, 7) is 11.8. The first-order valence-electron chi connectivity index (χ1n) is 7.56. The highest BCUT2D eigenvalue weighted by molar-refractivity contribution is 5.38. The van der Waals surface area contributed by atoms with Crippen LogP contribution in [0.15, 0.2) is 18.2 Å². The summed E-state index contributed by atoms with van der Waals surface area (Å²) in [6, 6.07) is 6.88. The molecule has 1 atom stereocenters. The van der Waals surface area contributed by atoms with Crippen molar-refractivity contribution in [2.24, 2.45) is 5.92 Å². The summed E-state index contributed by atoms with van der Waals surface area (Å²) in [5, 5.41) is 3.46. The summed E-state index contributed by atoms with van der Waals surface area (Å²) in [4.78, 5) is 2.35. The van der Waals surface area contributed by atoms with E-state index in [0.29, 0.717) is 12.0 Å². The van der Waals surface area contributed by atoms with E-state index in [0.717, 1.165) is 25.4 Å². The molecule has 0 aliphatic heterocycles. The molecule has 1 rings (SSSR count). The van der Waals surface area contributed by atoms with Crippen molar-refractivity contribution in [2.45, 2.75) is 40.3 Å². The van der Waals surface area contributed by atoms with Crippen LogP contribution in [0.3, 0.4) is 0 Å². The van der Waals surface area contributed by atoms with E-state index in [1.165, 1.54) is 11.1 Å². The van der Waals surface area contributed by atoms with Crippen molar-refractivity contribution >= 4 is 0 Å². The van der Waals surface area contributed by atoms with Crippen molar-refractivity contribution in [2.75, 3.05) is 27.2 Å². The Morgan fingerprint density at radius 3 is 2.50 bits per heavy atom. The topological polar surface area (TPSA) is 24.5 Å². The van der Waals surface area contributed by atoms with Crippen LogP contribution < -0.4 is 10.1 Å². The molecule has 0 radical (unpaired) electrons. The zero-order chi connectivity index (χ0) is 15.1. The average molecular weight is 278 g/mol. The number of hydrogen-bond donors (Lipinski definition) is 1. The lowest BCUT2D eigenvalue weighted by Crippen LogP contribution is -2.23. The smallest absolute Gasteiger partial charge is 0.123 e. The first-order chi connectivity index (χ1) is 9.47. The normalized spacial score (nSPS) is 13.0. The van der Waals surface area contributed by atoms with Crippen LogP contribution in [0.4, 0.5) is 0 Å². The lowest BCUT2D eigenvalue weighted by Gasteiger charge is -2.22. The van der Waals surface area contributed by atoms with Gasteiger partial charge in [0.15, 0.2) is 0 Å². The Morgan fingerprint density at radius 2 is 1.95 bits per heavy atom. The second kappa shape index (κ2) is 8.28. The van der Waals surface area contributed by atoms with Gasteiger partial charge in [-0.3, -0.25) is 0 Å². The summed E-state index contributed by atoms with van der Waals surface area (Å²) < 4.78 is 5.50. The fourth-order valence-corrected chi connectivity index (χ4v) is 2.59. The van der Waals surface area contributed by atoms with Crippen LogP contribution in [0, 0.1) is 5.92 Å². The summed E-state index contributed by atoms with van der Waals surface area (Å²) >= 11 is 0. The van der Waals surface area contributed by atoms with Crippen molar-refractivity contribution < 1.29 is 4.74 Å². The molecule has 0 aliphatic carbocycles. The van der Waals surface area contributed by atoms with E-state index < -0.39 is 0 Å². The molecule has 114 valence electrons. The van der Waals surface area contributed by atoms with Crippen LogP contribution in [0.2, 0.25) is 0 Å². The molecule has 0 aromatic heterocycles. The molecule has 0 saturated heterocycles. The van der Waals surface area contributed by atoms with E-state index in [1.54, 1.807) is 7.11 Å². The fourth-order valence-electron chi connectivity index (χ4n) is 2.59. The molecule has 0 bridgehead atoms. The van der Waals surface area contributed by atoms with Gasteiger partial charge in [-0.05, 0) is 44.1 Å². The molecule has 0 heterocycles. The largest absolute Gasteiger partial charge is 0.496 e. The van der Waals surface area contributed by atoms with Gasteiger partial charge in [-0.1, -0.05) is 26.8 Å². The van der Waals surface area contributed by atoms with Crippen LogP contribution >= 0.6 is 0 Å². The van der Waals surface area contributed by atoms with Gasteiger partial charge in [0, 0.05) is 24.7 Å². The highest BCUT2D eigenvalue weighted by Crippen LogP contribution is 2.24. The molecule has 1 aromatic rings. The lowest BCUT2D eigenvalue weighted by atomic mass is 10.0. The Labute approximate surface area is 124 Å². The summed E-state index contributed by atoms with van der Waals surface area (Å²) in [6.07, 6.45) is 0. The van der Waals surface area contributed by atoms with Gasteiger partial charge >= 0.3 is 0 Å². The SMILES string of the molecule is CCNC(C)c1ccc(OC)c(CN(C)CC(C)C)c1. The van der Waals surface area contributed by atoms with Crippen molar-refractivity contribution in [3.8, 4) is 5.75 Å². The van der Waals surface area contributed by atoms with Crippen molar-refractivity contribution in [3.63, 3.8) is 0 Å². The average Bonchev–Trinajstić information content (AvgIpc) is 2.37. The van der Waals surface area contributed by atoms with Crippen LogP contribution in [-0.4, -0.2) is 32.1 Å². The maximum absolute atomic E-state index is 5.50. The number of benzene rings is 1. The van der Waals surface area contributed by atoms with Gasteiger partial charge in [-0.25, -0.2) is 0 Å². The minimum atomic E-state index is 0.375. The van der Waals surface area contributed by atoms with E-state index >= 15 is 0 Å². The summed E-state index contributed by atoms with van der Waals surface area (Å²) in [7, 11) is 3.91. The predicted molar refractivity (Wildman–Crippen MR) is 86.3 cm³/mol. The second-order valence-electron chi connectivity index (χ2n) is 5.94. The predicted octanol–water partition coefficient (Wildman–Crippen LogP) is 3.45. The standard InChI is InChI=1S/C17H30N2O/c1-7-18-14(4)15-8-9-17(20-6)16(10-15)12-19(5)11-13(2)3/h8-10,13-14,18H,7,11-12H2,1-6H3. The Kier molecular flexibility index (Phi) is 7.03. The molecule has 1 N–H and O–H groups in total. The van der Waals surface area contributed by atoms with Crippen LogP contribution in [0.1, 0.15) is 44.9 Å².